The van der Waals surface area contributed by atoms with Crippen LogP contribution in [0.2, 0.25) is 0 Å². The van der Waals surface area contributed by atoms with Crippen molar-refractivity contribution in [2.24, 2.45) is 5.92 Å². The molecule has 2 N–H and O–H groups in total. The number of piperidine rings is 1. The number of morpholine rings is 1. The van der Waals surface area contributed by atoms with E-state index in [-0.39, 0.29) is 0 Å². The number of carbonyl (C=O) groups is 1. The number of fused-ring (bicyclic) bond motifs is 1. The third-order valence-corrected chi connectivity index (χ3v) is 5.95. The lowest BCUT2D eigenvalue weighted by molar-refractivity contribution is -0.132. The Bertz CT molecular complexity index is 836. The van der Waals surface area contributed by atoms with Crippen LogP contribution in [0.15, 0.2) is 6.20 Å². The second-order valence-electron chi connectivity index (χ2n) is 8.05. The normalized spacial score (nSPS) is 21.3. The summed E-state index contributed by atoms with van der Waals surface area (Å²) in [6.45, 7) is 4.73. The van der Waals surface area contributed by atoms with Gasteiger partial charge >= 0.3 is 0 Å². The first kappa shape index (κ1) is 17.7. The van der Waals surface area contributed by atoms with E-state index in [1.54, 1.807) is 0 Å². The summed E-state index contributed by atoms with van der Waals surface area (Å²) in [7, 11) is 0. The lowest BCUT2D eigenvalue weighted by atomic mass is 10.0. The van der Waals surface area contributed by atoms with Crippen LogP contribution in [-0.2, 0) is 9.53 Å². The van der Waals surface area contributed by atoms with Crippen molar-refractivity contribution in [1.82, 2.24) is 25.1 Å². The molecule has 2 aromatic rings. The number of likely N-dealkylation sites (tertiary alicyclic amines) is 1. The molecule has 2 aromatic heterocycles. The van der Waals surface area contributed by atoms with Crippen LogP contribution in [0.4, 0.5) is 11.8 Å². The number of aromatic amines is 1. The Balaban J connectivity index is 1.19. The zero-order valence-corrected chi connectivity index (χ0v) is 16.1. The van der Waals surface area contributed by atoms with Crippen LogP contribution in [-0.4, -0.2) is 76.4 Å². The molecule has 0 atom stereocenters. The minimum atomic E-state index is 0.295. The monoisotopic (exact) mass is 385 g/mol. The summed E-state index contributed by atoms with van der Waals surface area (Å²) in [5.41, 5.74) is 0.746. The van der Waals surface area contributed by atoms with E-state index < -0.39 is 0 Å². The summed E-state index contributed by atoms with van der Waals surface area (Å²) < 4.78 is 5.41. The van der Waals surface area contributed by atoms with Gasteiger partial charge in [0.25, 0.3) is 0 Å². The molecular formula is C19H27N7O2. The van der Waals surface area contributed by atoms with Gasteiger partial charge in [-0.25, -0.2) is 4.98 Å². The smallest absolute Gasteiger partial charge is 0.224 e. The van der Waals surface area contributed by atoms with Crippen molar-refractivity contribution in [3.05, 3.63) is 6.20 Å². The Kier molecular flexibility index (Phi) is 4.76. The number of hydrogen-bond acceptors (Lipinski definition) is 7. The highest BCUT2D eigenvalue weighted by atomic mass is 16.5. The third kappa shape index (κ3) is 3.76. The highest BCUT2D eigenvalue weighted by Crippen LogP contribution is 2.33. The summed E-state index contributed by atoms with van der Waals surface area (Å²) in [5, 5.41) is 11.8. The quantitative estimate of drug-likeness (QED) is 0.802. The Morgan fingerprint density at radius 2 is 1.96 bits per heavy atom. The van der Waals surface area contributed by atoms with Gasteiger partial charge in [0.2, 0.25) is 11.9 Å². The molecule has 2 aliphatic heterocycles. The second-order valence-corrected chi connectivity index (χ2v) is 8.05. The highest BCUT2D eigenvalue weighted by Gasteiger charge is 2.29. The molecule has 9 heteroatoms. The first-order valence-corrected chi connectivity index (χ1v) is 10.3. The molecule has 0 radical (unpaired) electrons. The van der Waals surface area contributed by atoms with E-state index >= 15 is 0 Å². The van der Waals surface area contributed by atoms with E-state index in [2.05, 4.69) is 30.4 Å². The molecule has 150 valence electrons. The molecule has 3 fully saturated rings. The van der Waals surface area contributed by atoms with Crippen molar-refractivity contribution in [3.63, 3.8) is 0 Å². The Morgan fingerprint density at radius 3 is 2.71 bits per heavy atom. The average molecular weight is 385 g/mol. The van der Waals surface area contributed by atoms with Gasteiger partial charge in [-0.1, -0.05) is 0 Å². The lowest BCUT2D eigenvalue weighted by Gasteiger charge is -2.32. The maximum absolute atomic E-state index is 12.3. The van der Waals surface area contributed by atoms with E-state index in [9.17, 15) is 4.79 Å². The summed E-state index contributed by atoms with van der Waals surface area (Å²) >= 11 is 0. The fraction of sp³-hybridized carbons (Fsp3) is 0.684. The maximum atomic E-state index is 12.3. The van der Waals surface area contributed by atoms with Gasteiger partial charge in [-0.05, 0) is 31.6 Å². The number of aromatic nitrogens is 4. The Hall–Kier alpha value is -2.42. The second kappa shape index (κ2) is 7.54. The van der Waals surface area contributed by atoms with Crippen molar-refractivity contribution in [2.45, 2.75) is 38.1 Å². The molecule has 28 heavy (non-hydrogen) atoms. The average Bonchev–Trinajstić information content (AvgIpc) is 3.45. The molecule has 1 saturated carbocycles. The Morgan fingerprint density at radius 1 is 1.18 bits per heavy atom. The first-order chi connectivity index (χ1) is 13.8. The van der Waals surface area contributed by atoms with Gasteiger partial charge in [0.15, 0.2) is 11.5 Å². The van der Waals surface area contributed by atoms with Crippen LogP contribution in [0.3, 0.4) is 0 Å². The SMILES string of the molecule is O=C(CC1CC1)N1CCC(Nc2ncc3c(N4CCOCC4)n[nH]c3n2)CC1. The number of hydrogen-bond donors (Lipinski definition) is 2. The van der Waals surface area contributed by atoms with Crippen LogP contribution in [0.5, 0.6) is 0 Å². The molecule has 9 nitrogen and oxygen atoms in total. The zero-order chi connectivity index (χ0) is 18.9. The standard InChI is InChI=1S/C19H27N7O2/c27-16(11-13-1-2-13)25-5-3-14(4-6-25)21-19-20-12-15-17(22-19)23-24-18(15)26-7-9-28-10-8-26/h12-14H,1-11H2,(H2,20,21,22,23,24). The predicted octanol–water partition coefficient (Wildman–Crippen LogP) is 1.39. The van der Waals surface area contributed by atoms with E-state index in [1.165, 1.54) is 12.8 Å². The van der Waals surface area contributed by atoms with E-state index in [1.807, 2.05) is 11.1 Å². The molecule has 3 aliphatic rings. The van der Waals surface area contributed by atoms with Gasteiger partial charge in [0, 0.05) is 44.8 Å². The molecule has 1 aliphatic carbocycles. The van der Waals surface area contributed by atoms with Gasteiger partial charge in [-0.3, -0.25) is 9.89 Å². The van der Waals surface area contributed by atoms with Crippen molar-refractivity contribution < 1.29 is 9.53 Å². The lowest BCUT2D eigenvalue weighted by Crippen LogP contribution is -2.42. The molecule has 0 aromatic carbocycles. The minimum Gasteiger partial charge on any atom is -0.378 e. The van der Waals surface area contributed by atoms with Crippen LogP contribution < -0.4 is 10.2 Å². The van der Waals surface area contributed by atoms with Crippen LogP contribution in [0, 0.1) is 5.92 Å². The number of H-pyrrole nitrogens is 1. The van der Waals surface area contributed by atoms with E-state index in [0.717, 1.165) is 75.5 Å². The Labute approximate surface area is 163 Å². The number of amides is 1. The minimum absolute atomic E-state index is 0.295. The van der Waals surface area contributed by atoms with Crippen LogP contribution >= 0.6 is 0 Å². The topological polar surface area (TPSA) is 99.3 Å². The fourth-order valence-electron chi connectivity index (χ4n) is 4.04. The number of carbonyl (C=O) groups excluding carboxylic acids is 1. The third-order valence-electron chi connectivity index (χ3n) is 5.95. The van der Waals surface area contributed by atoms with Gasteiger partial charge in [0.05, 0.1) is 18.6 Å². The first-order valence-electron chi connectivity index (χ1n) is 10.3. The molecule has 4 heterocycles. The molecule has 0 bridgehead atoms. The van der Waals surface area contributed by atoms with Gasteiger partial charge < -0.3 is 19.9 Å². The summed E-state index contributed by atoms with van der Waals surface area (Å²) in [4.78, 5) is 25.6. The van der Waals surface area contributed by atoms with Crippen molar-refractivity contribution in [3.8, 4) is 0 Å². The van der Waals surface area contributed by atoms with E-state index in [0.29, 0.717) is 23.8 Å². The molecule has 2 saturated heterocycles. The van der Waals surface area contributed by atoms with Crippen LogP contribution in [0.1, 0.15) is 32.1 Å². The number of nitrogens with one attached hydrogen (secondary N) is 2. The molecule has 0 unspecified atom stereocenters. The molecular weight excluding hydrogens is 358 g/mol. The summed E-state index contributed by atoms with van der Waals surface area (Å²) in [6.07, 6.45) is 6.89. The van der Waals surface area contributed by atoms with Gasteiger partial charge in [0.1, 0.15) is 0 Å². The number of ether oxygens (including phenoxy) is 1. The van der Waals surface area contributed by atoms with Crippen molar-refractivity contribution in [1.29, 1.82) is 0 Å². The predicted molar refractivity (Wildman–Crippen MR) is 105 cm³/mol. The number of nitrogens with zero attached hydrogens (tertiary/aromatic N) is 5. The maximum Gasteiger partial charge on any atom is 0.224 e. The van der Waals surface area contributed by atoms with Gasteiger partial charge in [-0.2, -0.15) is 10.1 Å². The molecule has 5 rings (SSSR count). The van der Waals surface area contributed by atoms with Crippen LogP contribution in [0.25, 0.3) is 11.0 Å². The van der Waals surface area contributed by atoms with E-state index in [4.69, 9.17) is 4.74 Å². The van der Waals surface area contributed by atoms with Crippen molar-refractivity contribution >= 4 is 28.7 Å². The largest absolute Gasteiger partial charge is 0.378 e. The van der Waals surface area contributed by atoms with Gasteiger partial charge in [-0.15, -0.1) is 0 Å². The summed E-state index contributed by atoms with van der Waals surface area (Å²) in [5.74, 6) is 2.49. The summed E-state index contributed by atoms with van der Waals surface area (Å²) in [6, 6.07) is 0.295. The fourth-order valence-corrected chi connectivity index (χ4v) is 4.04. The molecule has 0 spiro atoms. The zero-order valence-electron chi connectivity index (χ0n) is 16.1. The van der Waals surface area contributed by atoms with Crippen molar-refractivity contribution in [2.75, 3.05) is 49.6 Å². The number of anilines is 2. The molecule has 1 amide bonds. The highest BCUT2D eigenvalue weighted by molar-refractivity contribution is 5.87. The number of rotatable bonds is 5.